The average molecular weight is 352 g/mol. The SMILES string of the molecule is NC(=O)CC[C@H](N)C(=O)C(=O)OCC1c2ccccc2-c2ccccc21. The van der Waals surface area contributed by atoms with E-state index in [1.165, 1.54) is 0 Å². The normalized spacial score (nSPS) is 13.6. The topological polar surface area (TPSA) is 112 Å². The van der Waals surface area contributed by atoms with E-state index < -0.39 is 23.7 Å². The van der Waals surface area contributed by atoms with Crippen LogP contribution in [-0.2, 0) is 19.1 Å². The van der Waals surface area contributed by atoms with Crippen LogP contribution in [0.2, 0.25) is 0 Å². The highest BCUT2D eigenvalue weighted by Gasteiger charge is 2.30. The van der Waals surface area contributed by atoms with Crippen molar-refractivity contribution in [3.63, 3.8) is 0 Å². The molecule has 0 radical (unpaired) electrons. The molecule has 2 aromatic carbocycles. The fraction of sp³-hybridized carbons (Fsp3) is 0.250. The lowest BCUT2D eigenvalue weighted by Gasteiger charge is -2.15. The molecule has 26 heavy (non-hydrogen) atoms. The summed E-state index contributed by atoms with van der Waals surface area (Å²) in [4.78, 5) is 34.8. The van der Waals surface area contributed by atoms with Crippen molar-refractivity contribution in [2.75, 3.05) is 6.61 Å². The predicted molar refractivity (Wildman–Crippen MR) is 96.1 cm³/mol. The second-order valence-corrected chi connectivity index (χ2v) is 6.30. The Labute approximate surface area is 151 Å². The molecule has 0 saturated heterocycles. The lowest BCUT2D eigenvalue weighted by molar-refractivity contribution is -0.154. The van der Waals surface area contributed by atoms with Gasteiger partial charge in [-0.05, 0) is 28.7 Å². The Morgan fingerprint density at radius 2 is 1.50 bits per heavy atom. The molecule has 0 bridgehead atoms. The number of amides is 1. The van der Waals surface area contributed by atoms with Crippen LogP contribution in [0.5, 0.6) is 0 Å². The second-order valence-electron chi connectivity index (χ2n) is 6.30. The Kier molecular flexibility index (Phi) is 5.14. The molecule has 0 fully saturated rings. The summed E-state index contributed by atoms with van der Waals surface area (Å²) in [6.07, 6.45) is -0.0259. The number of carbonyl (C=O) groups is 3. The highest BCUT2D eigenvalue weighted by Crippen LogP contribution is 2.44. The minimum atomic E-state index is -1.09. The van der Waals surface area contributed by atoms with Crippen LogP contribution in [-0.4, -0.2) is 30.3 Å². The zero-order valence-corrected chi connectivity index (χ0v) is 14.2. The summed E-state index contributed by atoms with van der Waals surface area (Å²) < 4.78 is 5.24. The van der Waals surface area contributed by atoms with E-state index in [4.69, 9.17) is 16.2 Å². The van der Waals surface area contributed by atoms with Gasteiger partial charge in [0.2, 0.25) is 5.91 Å². The quantitative estimate of drug-likeness (QED) is 0.579. The van der Waals surface area contributed by atoms with Crippen LogP contribution in [0.1, 0.15) is 29.9 Å². The van der Waals surface area contributed by atoms with Crippen LogP contribution in [0, 0.1) is 0 Å². The van der Waals surface area contributed by atoms with Gasteiger partial charge in [-0.25, -0.2) is 4.79 Å². The maximum absolute atomic E-state index is 12.0. The monoisotopic (exact) mass is 352 g/mol. The number of ether oxygens (including phenoxy) is 1. The molecular formula is C20H20N2O4. The number of esters is 1. The molecule has 0 heterocycles. The highest BCUT2D eigenvalue weighted by atomic mass is 16.5. The molecule has 6 nitrogen and oxygen atoms in total. The maximum Gasteiger partial charge on any atom is 0.376 e. The van der Waals surface area contributed by atoms with Crippen molar-refractivity contribution in [3.05, 3.63) is 59.7 Å². The Bertz CT molecular complexity index is 817. The van der Waals surface area contributed by atoms with Gasteiger partial charge >= 0.3 is 5.97 Å². The number of hydrogen-bond acceptors (Lipinski definition) is 5. The highest BCUT2D eigenvalue weighted by molar-refractivity contribution is 6.35. The number of hydrogen-bond donors (Lipinski definition) is 2. The number of nitrogens with two attached hydrogens (primary N) is 2. The van der Waals surface area contributed by atoms with Crippen LogP contribution in [0.15, 0.2) is 48.5 Å². The lowest BCUT2D eigenvalue weighted by Crippen LogP contribution is -2.38. The molecule has 0 aliphatic heterocycles. The van der Waals surface area contributed by atoms with E-state index in [9.17, 15) is 14.4 Å². The predicted octanol–water partition coefficient (Wildman–Crippen LogP) is 1.50. The molecule has 1 aliphatic rings. The van der Waals surface area contributed by atoms with Gasteiger partial charge in [0.1, 0.15) is 6.61 Å². The van der Waals surface area contributed by atoms with Crippen molar-refractivity contribution in [1.29, 1.82) is 0 Å². The van der Waals surface area contributed by atoms with Crippen LogP contribution >= 0.6 is 0 Å². The largest absolute Gasteiger partial charge is 0.459 e. The third-order valence-electron chi connectivity index (χ3n) is 4.58. The summed E-state index contributed by atoms with van der Waals surface area (Å²) in [6.45, 7) is 0.0567. The van der Waals surface area contributed by atoms with Gasteiger partial charge in [-0.2, -0.15) is 0 Å². The Balaban J connectivity index is 1.69. The minimum absolute atomic E-state index is 0.0262. The van der Waals surface area contributed by atoms with E-state index in [0.29, 0.717) is 0 Å². The fourth-order valence-corrected chi connectivity index (χ4v) is 3.25. The zero-order chi connectivity index (χ0) is 18.7. The summed E-state index contributed by atoms with van der Waals surface area (Å²) in [7, 11) is 0. The molecule has 4 N–H and O–H groups in total. The first-order valence-electron chi connectivity index (χ1n) is 8.42. The first-order valence-corrected chi connectivity index (χ1v) is 8.42. The van der Waals surface area contributed by atoms with Gasteiger partial charge in [0, 0.05) is 12.3 Å². The zero-order valence-electron chi connectivity index (χ0n) is 14.2. The minimum Gasteiger partial charge on any atom is -0.459 e. The van der Waals surface area contributed by atoms with Gasteiger partial charge in [-0.15, -0.1) is 0 Å². The van der Waals surface area contributed by atoms with Gasteiger partial charge < -0.3 is 16.2 Å². The summed E-state index contributed by atoms with van der Waals surface area (Å²) in [5, 5.41) is 0. The molecule has 6 heteroatoms. The Hall–Kier alpha value is -2.99. The van der Waals surface area contributed by atoms with E-state index >= 15 is 0 Å². The van der Waals surface area contributed by atoms with Gasteiger partial charge in [-0.1, -0.05) is 48.5 Å². The second kappa shape index (κ2) is 7.49. The summed E-state index contributed by atoms with van der Waals surface area (Å²) >= 11 is 0. The van der Waals surface area contributed by atoms with Crippen LogP contribution in [0.4, 0.5) is 0 Å². The fourth-order valence-electron chi connectivity index (χ4n) is 3.25. The maximum atomic E-state index is 12.0. The van der Waals surface area contributed by atoms with Crippen molar-refractivity contribution in [2.45, 2.75) is 24.8 Å². The number of Topliss-reactive ketones (excluding diaryl/α,β-unsaturated/α-hetero) is 1. The molecule has 0 unspecified atom stereocenters. The molecule has 0 saturated carbocycles. The van der Waals surface area contributed by atoms with Gasteiger partial charge in [0.25, 0.3) is 5.78 Å². The molecule has 0 spiro atoms. The van der Waals surface area contributed by atoms with E-state index in [-0.39, 0.29) is 25.4 Å². The molecular weight excluding hydrogens is 332 g/mol. The van der Waals surface area contributed by atoms with Crippen molar-refractivity contribution >= 4 is 17.7 Å². The molecule has 1 aliphatic carbocycles. The number of ketones is 1. The number of primary amides is 1. The van der Waals surface area contributed by atoms with E-state index in [1.54, 1.807) is 0 Å². The van der Waals surface area contributed by atoms with Crippen molar-refractivity contribution in [1.82, 2.24) is 0 Å². The smallest absolute Gasteiger partial charge is 0.376 e. The van der Waals surface area contributed by atoms with Crippen molar-refractivity contribution in [2.24, 2.45) is 11.5 Å². The van der Waals surface area contributed by atoms with Gasteiger partial charge in [0.15, 0.2) is 0 Å². The van der Waals surface area contributed by atoms with Crippen LogP contribution in [0.25, 0.3) is 11.1 Å². The molecule has 1 amide bonds. The Morgan fingerprint density at radius 1 is 0.962 bits per heavy atom. The molecule has 134 valence electrons. The van der Waals surface area contributed by atoms with E-state index in [0.717, 1.165) is 22.3 Å². The lowest BCUT2D eigenvalue weighted by atomic mass is 9.98. The summed E-state index contributed by atoms with van der Waals surface area (Å²) in [6, 6.07) is 14.8. The van der Waals surface area contributed by atoms with Crippen molar-refractivity contribution in [3.8, 4) is 11.1 Å². The van der Waals surface area contributed by atoms with Crippen LogP contribution in [0.3, 0.4) is 0 Å². The summed E-state index contributed by atoms with van der Waals surface area (Å²) in [5.41, 5.74) is 15.0. The standard InChI is InChI=1S/C20H20N2O4/c21-17(9-10-18(22)23)19(24)20(25)26-11-16-14-7-3-1-5-12(14)13-6-2-4-8-15(13)16/h1-8,16-17H,9-11,21H2,(H2,22,23)/t17-/m0/s1. The molecule has 0 aromatic heterocycles. The number of rotatable bonds is 7. The number of fused-ring (bicyclic) bond motifs is 3. The van der Waals surface area contributed by atoms with Gasteiger partial charge in [0.05, 0.1) is 6.04 Å². The van der Waals surface area contributed by atoms with E-state index in [1.807, 2.05) is 48.5 Å². The van der Waals surface area contributed by atoms with Crippen molar-refractivity contribution < 1.29 is 19.1 Å². The molecule has 2 aromatic rings. The number of carbonyl (C=O) groups excluding carboxylic acids is 3. The first-order chi connectivity index (χ1) is 12.5. The Morgan fingerprint density at radius 3 is 2.04 bits per heavy atom. The van der Waals surface area contributed by atoms with E-state index in [2.05, 4.69) is 0 Å². The molecule has 3 rings (SSSR count). The first kappa shape index (κ1) is 17.8. The average Bonchev–Trinajstić information content (AvgIpc) is 2.97. The molecule has 1 atom stereocenters. The number of benzene rings is 2. The summed E-state index contributed by atoms with van der Waals surface area (Å²) in [5.74, 6) is -2.52. The third kappa shape index (κ3) is 3.50. The third-order valence-corrected chi connectivity index (χ3v) is 4.58. The van der Waals surface area contributed by atoms with Crippen LogP contribution < -0.4 is 11.5 Å². The van der Waals surface area contributed by atoms with Gasteiger partial charge in [-0.3, -0.25) is 9.59 Å².